The predicted molar refractivity (Wildman–Crippen MR) is 152 cm³/mol. The maximum atomic E-state index is 14.6. The summed E-state index contributed by atoms with van der Waals surface area (Å²) in [6, 6.07) is 16.7. The number of ether oxygens (including phenoxy) is 2. The van der Waals surface area contributed by atoms with Crippen molar-refractivity contribution in [1.29, 1.82) is 0 Å². The lowest BCUT2D eigenvalue weighted by molar-refractivity contribution is -0.110. The molecule has 8 nitrogen and oxygen atoms in total. The monoisotopic (exact) mass is 590 g/mol. The number of hydrogen-bond acceptors (Lipinski definition) is 7. The van der Waals surface area contributed by atoms with Crippen molar-refractivity contribution in [1.82, 2.24) is 15.0 Å². The Balaban J connectivity index is 1.35. The van der Waals surface area contributed by atoms with Gasteiger partial charge in [0.1, 0.15) is 6.10 Å². The molecule has 0 spiro atoms. The van der Waals surface area contributed by atoms with E-state index in [0.29, 0.717) is 33.4 Å². The highest BCUT2D eigenvalue weighted by molar-refractivity contribution is 7.93. The summed E-state index contributed by atoms with van der Waals surface area (Å²) < 4.78 is 56.7. The lowest BCUT2D eigenvalue weighted by atomic mass is 10.0. The van der Waals surface area contributed by atoms with Crippen molar-refractivity contribution in [3.05, 3.63) is 59.6 Å². The normalized spacial score (nSPS) is 18.8. The number of pyridine rings is 1. The summed E-state index contributed by atoms with van der Waals surface area (Å²) in [5, 5.41) is 9.36. The number of rotatable bonds is 9. The zero-order valence-electron chi connectivity index (χ0n) is 21.9. The van der Waals surface area contributed by atoms with Gasteiger partial charge in [0, 0.05) is 30.1 Å². The van der Waals surface area contributed by atoms with Crippen LogP contribution in [0.25, 0.3) is 33.5 Å². The average molecular weight is 591 g/mol. The van der Waals surface area contributed by atoms with E-state index in [4.69, 9.17) is 26.2 Å². The van der Waals surface area contributed by atoms with Crippen LogP contribution in [0.1, 0.15) is 20.3 Å². The van der Waals surface area contributed by atoms with E-state index in [-0.39, 0.29) is 24.7 Å². The minimum absolute atomic E-state index is 0.118. The van der Waals surface area contributed by atoms with Crippen LogP contribution in [0.15, 0.2) is 59.0 Å². The van der Waals surface area contributed by atoms with E-state index in [1.807, 2.05) is 62.4 Å². The molecule has 0 bridgehead atoms. The number of benzene rings is 2. The van der Waals surface area contributed by atoms with Crippen molar-refractivity contribution in [2.24, 2.45) is 4.36 Å². The van der Waals surface area contributed by atoms with Crippen LogP contribution in [0.3, 0.4) is 0 Å². The van der Waals surface area contributed by atoms with Crippen molar-refractivity contribution in [3.8, 4) is 28.4 Å². The third kappa shape index (κ3) is 5.69. The van der Waals surface area contributed by atoms with E-state index in [0.717, 1.165) is 16.7 Å². The predicted octanol–water partition coefficient (Wildman–Crippen LogP) is 6.25. The Morgan fingerprint density at radius 2 is 1.73 bits per heavy atom. The first kappa shape index (κ1) is 28.4. The van der Waals surface area contributed by atoms with E-state index < -0.39 is 34.5 Å². The van der Waals surface area contributed by atoms with Crippen molar-refractivity contribution in [2.75, 3.05) is 24.7 Å². The molecule has 2 atom stereocenters. The molecule has 0 radical (unpaired) electrons. The molecule has 5 rings (SSSR count). The fourth-order valence-corrected chi connectivity index (χ4v) is 5.92. The number of alkyl halides is 2. The number of aliphatic hydroxyl groups excluding tert-OH is 1. The molecule has 0 saturated carbocycles. The number of halogens is 3. The number of aromatic nitrogens is 3. The van der Waals surface area contributed by atoms with Crippen molar-refractivity contribution in [3.63, 3.8) is 0 Å². The van der Waals surface area contributed by atoms with E-state index >= 15 is 0 Å². The molecular formula is C28H29ClF2N4O4S. The Morgan fingerprint density at radius 3 is 2.35 bits per heavy atom. The maximum Gasteiger partial charge on any atom is 0.312 e. The largest absolute Gasteiger partial charge is 0.452 e. The van der Waals surface area contributed by atoms with Gasteiger partial charge >= 0.3 is 5.92 Å². The summed E-state index contributed by atoms with van der Waals surface area (Å²) in [6.45, 7) is 3.03. The van der Waals surface area contributed by atoms with Gasteiger partial charge in [0.15, 0.2) is 11.8 Å². The standard InChI is InChI=1S/C28H29ClF2N4O4S/c1-3-40(37,4-2)35-20-11-9-18(10-12-20)17-5-7-19(8-6-17)25-21(29)15-22-26(33-25)34-27(32-22)39-24-16-38-23(13-14-36)28(24,30)31/h5-12,15,23-24,36H,3-4,13-14,16H2,1-2H3,(H,32,33,34)/t23-,24-/m1/s1. The van der Waals surface area contributed by atoms with Gasteiger partial charge in [0.05, 0.1) is 38.3 Å². The summed E-state index contributed by atoms with van der Waals surface area (Å²) in [6.07, 6.45) is -3.14. The highest BCUT2D eigenvalue weighted by Gasteiger charge is 2.55. The van der Waals surface area contributed by atoms with Crippen LogP contribution in [0.5, 0.6) is 6.01 Å². The molecule has 1 fully saturated rings. The van der Waals surface area contributed by atoms with Gasteiger partial charge in [-0.25, -0.2) is 9.19 Å². The number of hydrogen-bond donors (Lipinski definition) is 2. The first-order valence-corrected chi connectivity index (χ1v) is 15.2. The Labute approximate surface area is 235 Å². The molecule has 2 aromatic heterocycles. The molecule has 0 aliphatic carbocycles. The van der Waals surface area contributed by atoms with Gasteiger partial charge in [-0.3, -0.25) is 0 Å². The summed E-state index contributed by atoms with van der Waals surface area (Å²) >= 11 is 6.52. The SMILES string of the molecule is CCS(=O)(CC)=Nc1ccc(-c2ccc(-c3nc4nc(O[C@@H]5CO[C@H](CCO)C5(F)F)[nH]c4cc3Cl)cc2)cc1. The van der Waals surface area contributed by atoms with Gasteiger partial charge in [-0.05, 0) is 29.3 Å². The van der Waals surface area contributed by atoms with E-state index in [1.165, 1.54) is 0 Å². The lowest BCUT2D eigenvalue weighted by Crippen LogP contribution is -2.42. The van der Waals surface area contributed by atoms with Gasteiger partial charge in [-0.2, -0.15) is 18.1 Å². The number of nitrogens with one attached hydrogen (secondary N) is 1. The molecule has 212 valence electrons. The molecule has 0 unspecified atom stereocenters. The Bertz CT molecular complexity index is 1610. The molecule has 1 aliphatic heterocycles. The number of nitrogens with zero attached hydrogens (tertiary/aromatic N) is 3. The summed E-state index contributed by atoms with van der Waals surface area (Å²) in [5.74, 6) is -2.25. The average Bonchev–Trinajstić information content (AvgIpc) is 3.47. The number of H-pyrrole nitrogens is 1. The molecule has 0 amide bonds. The van der Waals surface area contributed by atoms with Gasteiger partial charge in [0.2, 0.25) is 0 Å². The molecule has 2 N–H and O–H groups in total. The van der Waals surface area contributed by atoms with Crippen LogP contribution in [0.4, 0.5) is 14.5 Å². The van der Waals surface area contributed by atoms with Crippen LogP contribution >= 0.6 is 11.6 Å². The number of imidazole rings is 1. The Hall–Kier alpha value is -3.12. The molecular weight excluding hydrogens is 562 g/mol. The first-order valence-electron chi connectivity index (χ1n) is 12.9. The summed E-state index contributed by atoms with van der Waals surface area (Å²) in [5.41, 5.74) is 4.57. The summed E-state index contributed by atoms with van der Waals surface area (Å²) in [4.78, 5) is 11.6. The molecule has 1 aliphatic rings. The first-order chi connectivity index (χ1) is 19.2. The molecule has 1 saturated heterocycles. The molecule has 4 aromatic rings. The highest BCUT2D eigenvalue weighted by Crippen LogP contribution is 2.37. The third-order valence-electron chi connectivity index (χ3n) is 6.89. The number of aliphatic hydroxyl groups is 1. The van der Waals surface area contributed by atoms with Crippen LogP contribution in [-0.4, -0.2) is 67.1 Å². The lowest BCUT2D eigenvalue weighted by Gasteiger charge is -2.21. The second-order valence-electron chi connectivity index (χ2n) is 9.41. The zero-order valence-corrected chi connectivity index (χ0v) is 23.5. The highest BCUT2D eigenvalue weighted by atomic mass is 35.5. The Kier molecular flexibility index (Phi) is 8.10. The topological polar surface area (TPSA) is 110 Å². The van der Waals surface area contributed by atoms with Crippen molar-refractivity contribution in [2.45, 2.75) is 38.4 Å². The third-order valence-corrected chi connectivity index (χ3v) is 9.53. The molecule has 12 heteroatoms. The Morgan fingerprint density at radius 1 is 1.10 bits per heavy atom. The van der Waals surface area contributed by atoms with E-state index in [2.05, 4.69) is 19.3 Å². The van der Waals surface area contributed by atoms with Gasteiger partial charge in [-0.1, -0.05) is 61.8 Å². The minimum atomic E-state index is -3.28. The van der Waals surface area contributed by atoms with Crippen molar-refractivity contribution < 1.29 is 27.6 Å². The summed E-state index contributed by atoms with van der Waals surface area (Å²) in [7, 11) is -2.22. The van der Waals surface area contributed by atoms with E-state index in [9.17, 15) is 13.0 Å². The van der Waals surface area contributed by atoms with Crippen LogP contribution in [0.2, 0.25) is 5.02 Å². The van der Waals surface area contributed by atoms with Crippen LogP contribution < -0.4 is 4.74 Å². The van der Waals surface area contributed by atoms with Gasteiger partial charge in [0.25, 0.3) is 6.01 Å². The second-order valence-corrected chi connectivity index (χ2v) is 12.7. The van der Waals surface area contributed by atoms with Crippen molar-refractivity contribution >= 4 is 38.2 Å². The quantitative estimate of drug-likeness (QED) is 0.238. The van der Waals surface area contributed by atoms with Crippen LogP contribution in [0, 0.1) is 0 Å². The molecule has 40 heavy (non-hydrogen) atoms. The second kappa shape index (κ2) is 11.4. The maximum absolute atomic E-state index is 14.6. The van der Waals surface area contributed by atoms with Crippen LogP contribution in [-0.2, 0) is 14.5 Å². The molecule has 3 heterocycles. The number of aromatic amines is 1. The fraction of sp³-hybridized carbons (Fsp3) is 0.357. The fourth-order valence-electron chi connectivity index (χ4n) is 4.49. The van der Waals surface area contributed by atoms with Gasteiger partial charge in [-0.15, -0.1) is 0 Å². The molecule has 2 aromatic carbocycles. The smallest absolute Gasteiger partial charge is 0.312 e. The number of fused-ring (bicyclic) bond motifs is 1. The zero-order chi connectivity index (χ0) is 28.5. The van der Waals surface area contributed by atoms with E-state index in [1.54, 1.807) is 6.07 Å². The minimum Gasteiger partial charge on any atom is -0.452 e. The van der Waals surface area contributed by atoms with Gasteiger partial charge < -0.3 is 19.6 Å².